The number of allylic oxidation sites excluding steroid dienone is 4. The molecule has 8 rings (SSSR count). The minimum Gasteiger partial charge on any atom is -0.494 e. The summed E-state index contributed by atoms with van der Waals surface area (Å²) < 4.78 is 24.5. The smallest absolute Gasteiger partial charge is 0.216 e. The maximum Gasteiger partial charge on any atom is 0.216 e. The van der Waals surface area contributed by atoms with Gasteiger partial charge in [-0.15, -0.1) is 0 Å². The highest BCUT2D eigenvalue weighted by Crippen LogP contribution is 2.46. The summed E-state index contributed by atoms with van der Waals surface area (Å²) in [6.45, 7) is 2.59. The van der Waals surface area contributed by atoms with Crippen molar-refractivity contribution in [3.8, 4) is 39.4 Å². The van der Waals surface area contributed by atoms with Gasteiger partial charge in [-0.3, -0.25) is 13.9 Å². The number of nitrogens with one attached hydrogen (secondary N) is 1. The Balaban J connectivity index is 1.25. The Bertz CT molecular complexity index is 2390. The number of hydrogen-bond donors (Lipinski definition) is 1. The third kappa shape index (κ3) is 6.74. The second kappa shape index (κ2) is 15.2. The second-order valence-electron chi connectivity index (χ2n) is 13.5. The highest BCUT2D eigenvalue weighted by molar-refractivity contribution is 5.81. The van der Waals surface area contributed by atoms with E-state index >= 15 is 0 Å². The van der Waals surface area contributed by atoms with Gasteiger partial charge in [-0.1, -0.05) is 85.0 Å². The molecule has 0 aliphatic heterocycles. The maximum absolute atomic E-state index is 14.3. The number of amides is 1. The van der Waals surface area contributed by atoms with Crippen molar-refractivity contribution >= 4 is 11.6 Å². The van der Waals surface area contributed by atoms with Crippen molar-refractivity contribution in [3.63, 3.8) is 0 Å². The first-order valence-corrected chi connectivity index (χ1v) is 18.3. The number of imidazole rings is 1. The highest BCUT2D eigenvalue weighted by atomic mass is 19.1. The van der Waals surface area contributed by atoms with Gasteiger partial charge in [0, 0.05) is 54.0 Å². The molecular weight excluding hydrogens is 674 g/mol. The Morgan fingerprint density at radius 1 is 0.833 bits per heavy atom. The van der Waals surface area contributed by atoms with Gasteiger partial charge in [0.15, 0.2) is 0 Å². The average molecular weight is 714 g/mol. The molecule has 4 aromatic carbocycles. The van der Waals surface area contributed by atoms with Crippen LogP contribution < -0.4 is 10.1 Å². The van der Waals surface area contributed by atoms with E-state index in [0.717, 1.165) is 69.0 Å². The molecule has 1 aliphatic carbocycles. The van der Waals surface area contributed by atoms with Crippen molar-refractivity contribution in [3.05, 3.63) is 181 Å². The summed E-state index contributed by atoms with van der Waals surface area (Å²) in [5.41, 5.74) is 7.70. The van der Waals surface area contributed by atoms with Gasteiger partial charge in [0.25, 0.3) is 0 Å². The van der Waals surface area contributed by atoms with E-state index in [1.165, 1.54) is 19.1 Å². The van der Waals surface area contributed by atoms with Crippen molar-refractivity contribution in [1.29, 1.82) is 0 Å². The fourth-order valence-corrected chi connectivity index (χ4v) is 7.49. The summed E-state index contributed by atoms with van der Waals surface area (Å²) in [6.07, 6.45) is 16.4. The molecule has 1 unspecified atom stereocenters. The number of ether oxygens (including phenoxy) is 1. The summed E-state index contributed by atoms with van der Waals surface area (Å²) in [5, 5.41) is 8.26. The van der Waals surface area contributed by atoms with Crippen LogP contribution in [0.3, 0.4) is 0 Å². The van der Waals surface area contributed by atoms with Gasteiger partial charge in [0.2, 0.25) is 5.91 Å². The number of pyridine rings is 1. The van der Waals surface area contributed by atoms with Crippen molar-refractivity contribution in [1.82, 2.24) is 24.5 Å². The molecule has 0 saturated carbocycles. The normalized spacial score (nSPS) is 14.0. The Morgan fingerprint density at radius 3 is 2.19 bits per heavy atom. The van der Waals surface area contributed by atoms with Gasteiger partial charge in [-0.2, -0.15) is 5.10 Å². The summed E-state index contributed by atoms with van der Waals surface area (Å²) in [7, 11) is 0. The Morgan fingerprint density at radius 2 is 1.52 bits per heavy atom. The number of nitrogens with zero attached hydrogens (tertiary/aromatic N) is 4. The predicted molar refractivity (Wildman–Crippen MR) is 211 cm³/mol. The first kappa shape index (κ1) is 34.5. The average Bonchev–Trinajstić information content (AvgIpc) is 3.85. The van der Waals surface area contributed by atoms with E-state index in [1.807, 2.05) is 48.7 Å². The topological polar surface area (TPSA) is 73.4 Å². The molecule has 268 valence electrons. The number of aromatic nitrogens is 4. The number of rotatable bonds is 12. The number of fused-ring (bicyclic) bond motifs is 1. The van der Waals surface area contributed by atoms with E-state index in [2.05, 4.69) is 106 Å². The minimum atomic E-state index is -0.700. The highest BCUT2D eigenvalue weighted by Gasteiger charge is 2.44. The molecule has 1 aliphatic rings. The van der Waals surface area contributed by atoms with Gasteiger partial charge in [0.1, 0.15) is 28.4 Å². The maximum atomic E-state index is 14.3. The quantitative estimate of drug-likeness (QED) is 0.128. The van der Waals surface area contributed by atoms with Gasteiger partial charge >= 0.3 is 0 Å². The van der Waals surface area contributed by atoms with Crippen molar-refractivity contribution in [2.45, 2.75) is 25.3 Å². The molecule has 1 amide bonds. The van der Waals surface area contributed by atoms with E-state index < -0.39 is 5.54 Å². The SMILES string of the molecule is CC(=O)NCCCOc1ccc(-c2cnc3ccc(-c4cn(C(c5ccccc5)(c5ccccc5)C5C=CC=CC5)nc4-c4ccc(F)cc4)cn23)cc1. The van der Waals surface area contributed by atoms with Gasteiger partial charge < -0.3 is 10.1 Å². The third-order valence-corrected chi connectivity index (χ3v) is 10.1. The zero-order valence-corrected chi connectivity index (χ0v) is 30.0. The van der Waals surface area contributed by atoms with Crippen LogP contribution in [0.25, 0.3) is 39.3 Å². The number of carbonyl (C=O) groups is 1. The lowest BCUT2D eigenvalue weighted by molar-refractivity contribution is -0.118. The van der Waals surface area contributed by atoms with Crippen molar-refractivity contribution in [2.24, 2.45) is 5.92 Å². The molecule has 54 heavy (non-hydrogen) atoms. The number of hydrogen-bond acceptors (Lipinski definition) is 4. The van der Waals surface area contributed by atoms with Crippen LogP contribution in [-0.2, 0) is 10.3 Å². The van der Waals surface area contributed by atoms with Crippen LogP contribution in [0.2, 0.25) is 0 Å². The molecule has 7 nitrogen and oxygen atoms in total. The molecular formula is C46H40FN5O2. The van der Waals surface area contributed by atoms with Crippen LogP contribution >= 0.6 is 0 Å². The van der Waals surface area contributed by atoms with E-state index in [-0.39, 0.29) is 17.6 Å². The lowest BCUT2D eigenvalue weighted by Crippen LogP contribution is -2.43. The van der Waals surface area contributed by atoms with Crippen molar-refractivity contribution in [2.75, 3.05) is 13.2 Å². The van der Waals surface area contributed by atoms with Gasteiger partial charge in [-0.25, -0.2) is 9.37 Å². The first-order chi connectivity index (χ1) is 26.5. The predicted octanol–water partition coefficient (Wildman–Crippen LogP) is 9.50. The third-order valence-electron chi connectivity index (χ3n) is 10.1. The molecule has 0 saturated heterocycles. The lowest BCUT2D eigenvalue weighted by Gasteiger charge is -2.41. The van der Waals surface area contributed by atoms with E-state index in [4.69, 9.17) is 14.8 Å². The molecule has 1 N–H and O–H groups in total. The Hall–Kier alpha value is -6.54. The first-order valence-electron chi connectivity index (χ1n) is 18.3. The molecule has 8 heteroatoms. The summed E-state index contributed by atoms with van der Waals surface area (Å²) in [4.78, 5) is 15.9. The minimum absolute atomic E-state index is 0.0435. The van der Waals surface area contributed by atoms with Crippen LogP contribution in [0.5, 0.6) is 5.75 Å². The van der Waals surface area contributed by atoms with Crippen LogP contribution in [0.15, 0.2) is 164 Å². The number of carbonyl (C=O) groups excluding carboxylic acids is 1. The Labute approximate surface area is 314 Å². The van der Waals surface area contributed by atoms with Crippen LogP contribution in [0, 0.1) is 11.7 Å². The largest absolute Gasteiger partial charge is 0.494 e. The molecule has 3 aromatic heterocycles. The summed E-state index contributed by atoms with van der Waals surface area (Å²) >= 11 is 0. The van der Waals surface area contributed by atoms with E-state index in [1.54, 1.807) is 12.1 Å². The Kier molecular flexibility index (Phi) is 9.73. The van der Waals surface area contributed by atoms with Gasteiger partial charge in [0.05, 0.1) is 18.5 Å². The summed E-state index contributed by atoms with van der Waals surface area (Å²) in [6, 6.07) is 39.8. The fraction of sp³-hybridized carbons (Fsp3) is 0.152. The molecule has 0 spiro atoms. The zero-order valence-electron chi connectivity index (χ0n) is 30.0. The van der Waals surface area contributed by atoms with Crippen LogP contribution in [0.1, 0.15) is 30.9 Å². The number of benzene rings is 4. The number of halogens is 1. The van der Waals surface area contributed by atoms with Gasteiger partial charge in [-0.05, 0) is 84.6 Å². The van der Waals surface area contributed by atoms with Crippen molar-refractivity contribution < 1.29 is 13.9 Å². The van der Waals surface area contributed by atoms with Crippen LogP contribution in [-0.4, -0.2) is 38.2 Å². The van der Waals surface area contributed by atoms with E-state index in [0.29, 0.717) is 13.2 Å². The fourth-order valence-electron chi connectivity index (χ4n) is 7.49. The van der Waals surface area contributed by atoms with Crippen LogP contribution in [0.4, 0.5) is 4.39 Å². The molecule has 1 atom stereocenters. The molecule has 0 bridgehead atoms. The molecule has 0 fully saturated rings. The second-order valence-corrected chi connectivity index (χ2v) is 13.5. The molecule has 3 heterocycles. The molecule has 0 radical (unpaired) electrons. The molecule has 7 aromatic rings. The monoisotopic (exact) mass is 713 g/mol. The van der Waals surface area contributed by atoms with E-state index in [9.17, 15) is 9.18 Å². The zero-order chi connectivity index (χ0) is 36.9. The standard InChI is InChI=1S/C46H40FN5O2/c1-33(53)48-28-11-29-54-41-25-20-34(21-26-41)43-30-49-44-27-22-36(31-51(43)44)42-32-52(50-45(42)35-18-23-40(47)24-19-35)46(37-12-5-2-6-13-37,38-14-7-3-8-15-38)39-16-9-4-10-17-39/h2-10,12-16,18-27,30-32,39H,11,17,28-29H2,1H3,(H,48,53). The lowest BCUT2D eigenvalue weighted by atomic mass is 9.70. The summed E-state index contributed by atoms with van der Waals surface area (Å²) in [5.74, 6) is 0.467.